The van der Waals surface area contributed by atoms with E-state index >= 15 is 0 Å². The molecule has 2 aromatic rings. The first-order chi connectivity index (χ1) is 12.1. The Hall–Kier alpha value is -2.69. The first kappa shape index (κ1) is 17.1. The molecule has 0 aromatic heterocycles. The molecular weight excluding hydrogens is 320 g/mol. The van der Waals surface area contributed by atoms with Crippen LogP contribution in [-0.4, -0.2) is 29.4 Å². The van der Waals surface area contributed by atoms with E-state index in [0.717, 1.165) is 31.2 Å². The van der Waals surface area contributed by atoms with E-state index in [-0.39, 0.29) is 29.5 Å². The highest BCUT2D eigenvalue weighted by Gasteiger charge is 2.26. The van der Waals surface area contributed by atoms with Crippen LogP contribution in [0.4, 0.5) is 0 Å². The van der Waals surface area contributed by atoms with Crippen LogP contribution in [0.1, 0.15) is 47.5 Å². The van der Waals surface area contributed by atoms with Crippen LogP contribution < -0.4 is 4.74 Å². The van der Waals surface area contributed by atoms with Crippen LogP contribution in [0.3, 0.4) is 0 Å². The van der Waals surface area contributed by atoms with Gasteiger partial charge in [-0.3, -0.25) is 0 Å². The monoisotopic (exact) mass is 342 g/mol. The van der Waals surface area contributed by atoms with Gasteiger partial charge >= 0.3 is 5.97 Å². The van der Waals surface area contributed by atoms with Crippen molar-refractivity contribution in [3.8, 4) is 17.2 Å². The molecule has 0 atom stereocenters. The summed E-state index contributed by atoms with van der Waals surface area (Å²) in [6, 6.07) is 11.6. The molecule has 0 bridgehead atoms. The van der Waals surface area contributed by atoms with Crippen LogP contribution in [0.5, 0.6) is 17.2 Å². The van der Waals surface area contributed by atoms with E-state index < -0.39 is 0 Å². The van der Waals surface area contributed by atoms with Crippen molar-refractivity contribution in [1.29, 1.82) is 0 Å². The van der Waals surface area contributed by atoms with Gasteiger partial charge < -0.3 is 19.7 Å². The van der Waals surface area contributed by atoms with Crippen LogP contribution in [-0.2, 0) is 4.74 Å². The molecule has 0 radical (unpaired) electrons. The van der Waals surface area contributed by atoms with Crippen molar-refractivity contribution in [2.45, 2.75) is 37.7 Å². The Labute approximate surface area is 146 Å². The maximum absolute atomic E-state index is 12.2. The molecule has 3 rings (SSSR count). The summed E-state index contributed by atoms with van der Waals surface area (Å²) in [6.07, 6.45) is 3.07. The van der Waals surface area contributed by atoms with Gasteiger partial charge in [0.2, 0.25) is 0 Å². The predicted molar refractivity (Wildman–Crippen MR) is 93.2 cm³/mol. The number of hydrogen-bond acceptors (Lipinski definition) is 5. The summed E-state index contributed by atoms with van der Waals surface area (Å²) in [4.78, 5) is 12.2. The van der Waals surface area contributed by atoms with Gasteiger partial charge in [0.25, 0.3) is 0 Å². The van der Waals surface area contributed by atoms with Crippen molar-refractivity contribution < 1.29 is 24.5 Å². The quantitative estimate of drug-likeness (QED) is 0.822. The highest BCUT2D eigenvalue weighted by molar-refractivity contribution is 5.89. The summed E-state index contributed by atoms with van der Waals surface area (Å²) in [7, 11) is 1.58. The Kier molecular flexibility index (Phi) is 5.12. The second-order valence-electron chi connectivity index (χ2n) is 6.35. The molecule has 25 heavy (non-hydrogen) atoms. The van der Waals surface area contributed by atoms with Gasteiger partial charge in [-0.05, 0) is 67.5 Å². The smallest absolute Gasteiger partial charge is 0.338 e. The number of carbonyl (C=O) groups excluding carboxylic acids is 1. The molecule has 0 aliphatic heterocycles. The SMILES string of the molecule is COc1ccc(C(=O)OC2CCC(c3ccc(O)cc3O)CC2)cc1. The van der Waals surface area contributed by atoms with Gasteiger partial charge in [-0.15, -0.1) is 0 Å². The molecule has 0 unspecified atom stereocenters. The average Bonchev–Trinajstić information content (AvgIpc) is 2.63. The molecular formula is C20H22O5. The third kappa shape index (κ3) is 4.05. The Morgan fingerprint density at radius 2 is 1.68 bits per heavy atom. The molecule has 0 saturated heterocycles. The lowest BCUT2D eigenvalue weighted by Crippen LogP contribution is -2.24. The molecule has 0 amide bonds. The standard InChI is InChI=1S/C20H22O5/c1-24-16-7-4-14(5-8-16)20(23)25-17-9-2-13(3-10-17)18-11-6-15(21)12-19(18)22/h4-8,11-13,17,21-22H,2-3,9-10H2,1H3. The fraction of sp³-hybridized carbons (Fsp3) is 0.350. The number of hydrogen-bond donors (Lipinski definition) is 2. The third-order valence-electron chi connectivity index (χ3n) is 4.73. The lowest BCUT2D eigenvalue weighted by molar-refractivity contribution is 0.0194. The Balaban J connectivity index is 1.55. The zero-order valence-corrected chi connectivity index (χ0v) is 14.1. The Bertz CT molecular complexity index is 730. The molecule has 0 heterocycles. The van der Waals surface area contributed by atoms with Gasteiger partial charge in [-0.2, -0.15) is 0 Å². The Morgan fingerprint density at radius 1 is 1.00 bits per heavy atom. The van der Waals surface area contributed by atoms with Crippen molar-refractivity contribution in [1.82, 2.24) is 0 Å². The number of aromatic hydroxyl groups is 2. The highest BCUT2D eigenvalue weighted by atomic mass is 16.5. The Morgan fingerprint density at radius 3 is 2.28 bits per heavy atom. The third-order valence-corrected chi connectivity index (χ3v) is 4.73. The first-order valence-electron chi connectivity index (χ1n) is 8.43. The molecule has 1 aliphatic rings. The van der Waals surface area contributed by atoms with E-state index in [1.807, 2.05) is 0 Å². The van der Waals surface area contributed by atoms with Crippen molar-refractivity contribution >= 4 is 5.97 Å². The van der Waals surface area contributed by atoms with Gasteiger partial charge in [-0.25, -0.2) is 4.79 Å². The maximum Gasteiger partial charge on any atom is 0.338 e. The number of phenolic OH excluding ortho intramolecular Hbond substituents is 2. The molecule has 0 spiro atoms. The van der Waals surface area contributed by atoms with E-state index in [2.05, 4.69) is 0 Å². The van der Waals surface area contributed by atoms with E-state index in [1.54, 1.807) is 43.5 Å². The summed E-state index contributed by atoms with van der Waals surface area (Å²) in [5, 5.41) is 19.4. The van der Waals surface area contributed by atoms with Crippen LogP contribution in [0.15, 0.2) is 42.5 Å². The zero-order chi connectivity index (χ0) is 17.8. The van der Waals surface area contributed by atoms with E-state index in [0.29, 0.717) is 11.3 Å². The molecule has 5 heteroatoms. The minimum atomic E-state index is -0.321. The zero-order valence-electron chi connectivity index (χ0n) is 14.1. The number of methoxy groups -OCH3 is 1. The molecule has 132 valence electrons. The van der Waals surface area contributed by atoms with Gasteiger partial charge in [0.15, 0.2) is 0 Å². The predicted octanol–water partition coefficient (Wildman–Crippen LogP) is 3.99. The van der Waals surface area contributed by atoms with E-state index in [9.17, 15) is 15.0 Å². The first-order valence-corrected chi connectivity index (χ1v) is 8.43. The summed E-state index contributed by atoms with van der Waals surface area (Å²) in [5.74, 6) is 0.780. The van der Waals surface area contributed by atoms with Crippen molar-refractivity contribution in [2.24, 2.45) is 0 Å². The molecule has 2 N–H and O–H groups in total. The van der Waals surface area contributed by atoms with Crippen LogP contribution in [0, 0.1) is 0 Å². The van der Waals surface area contributed by atoms with Gasteiger partial charge in [0.05, 0.1) is 12.7 Å². The van der Waals surface area contributed by atoms with Crippen molar-refractivity contribution in [3.63, 3.8) is 0 Å². The normalized spacial score (nSPS) is 20.0. The summed E-state index contributed by atoms with van der Waals surface area (Å²) in [6.45, 7) is 0. The lowest BCUT2D eigenvalue weighted by atomic mass is 9.82. The minimum Gasteiger partial charge on any atom is -0.508 e. The van der Waals surface area contributed by atoms with Crippen LogP contribution >= 0.6 is 0 Å². The van der Waals surface area contributed by atoms with E-state index in [4.69, 9.17) is 9.47 Å². The molecule has 5 nitrogen and oxygen atoms in total. The lowest BCUT2D eigenvalue weighted by Gasteiger charge is -2.29. The second kappa shape index (κ2) is 7.47. The summed E-state index contributed by atoms with van der Waals surface area (Å²) in [5.41, 5.74) is 1.36. The molecule has 1 saturated carbocycles. The largest absolute Gasteiger partial charge is 0.508 e. The molecule has 1 fully saturated rings. The molecule has 2 aromatic carbocycles. The topological polar surface area (TPSA) is 76.0 Å². The summed E-state index contributed by atoms with van der Waals surface area (Å²) >= 11 is 0. The summed E-state index contributed by atoms with van der Waals surface area (Å²) < 4.78 is 10.7. The number of rotatable bonds is 4. The molecule has 1 aliphatic carbocycles. The van der Waals surface area contributed by atoms with Gasteiger partial charge in [0, 0.05) is 6.07 Å². The fourth-order valence-electron chi connectivity index (χ4n) is 3.32. The van der Waals surface area contributed by atoms with E-state index in [1.165, 1.54) is 6.07 Å². The van der Waals surface area contributed by atoms with Crippen LogP contribution in [0.25, 0.3) is 0 Å². The number of benzene rings is 2. The van der Waals surface area contributed by atoms with Gasteiger partial charge in [-0.1, -0.05) is 6.07 Å². The van der Waals surface area contributed by atoms with Gasteiger partial charge in [0.1, 0.15) is 23.4 Å². The second-order valence-corrected chi connectivity index (χ2v) is 6.35. The van der Waals surface area contributed by atoms with Crippen molar-refractivity contribution in [2.75, 3.05) is 7.11 Å². The number of carbonyl (C=O) groups is 1. The number of esters is 1. The van der Waals surface area contributed by atoms with Crippen LogP contribution in [0.2, 0.25) is 0 Å². The maximum atomic E-state index is 12.2. The average molecular weight is 342 g/mol. The highest BCUT2D eigenvalue weighted by Crippen LogP contribution is 2.39. The van der Waals surface area contributed by atoms with Crippen molar-refractivity contribution in [3.05, 3.63) is 53.6 Å². The number of ether oxygens (including phenoxy) is 2. The number of phenols is 2. The fourth-order valence-corrected chi connectivity index (χ4v) is 3.32. The minimum absolute atomic E-state index is 0.0587.